The lowest BCUT2D eigenvalue weighted by atomic mass is 9.81. The van der Waals surface area contributed by atoms with E-state index in [0.29, 0.717) is 16.9 Å². The van der Waals surface area contributed by atoms with E-state index in [1.54, 1.807) is 28.9 Å². The van der Waals surface area contributed by atoms with E-state index in [-0.39, 0.29) is 11.8 Å². The Morgan fingerprint density at radius 3 is 2.46 bits per heavy atom. The maximum atomic E-state index is 13.5. The van der Waals surface area contributed by atoms with Gasteiger partial charge in [0, 0.05) is 17.0 Å². The first kappa shape index (κ1) is 22.1. The molecule has 0 saturated carbocycles. The van der Waals surface area contributed by atoms with Gasteiger partial charge in [-0.3, -0.25) is 9.59 Å². The van der Waals surface area contributed by atoms with E-state index in [2.05, 4.69) is 16.7 Å². The summed E-state index contributed by atoms with van der Waals surface area (Å²) in [5, 5.41) is 19.9. The maximum Gasteiger partial charge on any atom is 0.251 e. The van der Waals surface area contributed by atoms with Gasteiger partial charge in [0.25, 0.3) is 5.91 Å². The summed E-state index contributed by atoms with van der Waals surface area (Å²) in [7, 11) is 0. The summed E-state index contributed by atoms with van der Waals surface area (Å²) in [6, 6.07) is 25.2. The Labute approximate surface area is 203 Å². The van der Waals surface area contributed by atoms with Gasteiger partial charge in [-0.1, -0.05) is 48.0 Å². The van der Waals surface area contributed by atoms with Crippen molar-refractivity contribution in [1.29, 1.82) is 5.26 Å². The summed E-state index contributed by atoms with van der Waals surface area (Å²) in [5.41, 5.74) is 5.16. The Morgan fingerprint density at radius 1 is 1.03 bits per heavy atom. The number of para-hydroxylation sites is 1. The van der Waals surface area contributed by atoms with Gasteiger partial charge in [-0.25, -0.2) is 4.68 Å². The predicted molar refractivity (Wildman–Crippen MR) is 132 cm³/mol. The van der Waals surface area contributed by atoms with Crippen LogP contribution in [0, 0.1) is 25.2 Å². The van der Waals surface area contributed by atoms with Crippen LogP contribution in [-0.2, 0) is 4.79 Å². The number of nitriles is 1. The Balaban J connectivity index is 1.62. The second kappa shape index (κ2) is 8.92. The van der Waals surface area contributed by atoms with Crippen LogP contribution in [0.2, 0.25) is 0 Å². The molecule has 2 atom stereocenters. The van der Waals surface area contributed by atoms with Crippen molar-refractivity contribution in [3.63, 3.8) is 0 Å². The molecule has 0 spiro atoms. The zero-order chi connectivity index (χ0) is 24.5. The van der Waals surface area contributed by atoms with Gasteiger partial charge in [-0.2, -0.15) is 10.4 Å². The number of nitrogens with zero attached hydrogens (tertiary/aromatic N) is 3. The number of aryl methyl sites for hydroxylation is 2. The Bertz CT molecular complexity index is 1470. The van der Waals surface area contributed by atoms with Crippen molar-refractivity contribution >= 4 is 17.6 Å². The quantitative estimate of drug-likeness (QED) is 0.475. The standard InChI is InChI=1S/C28H23N5O2/c1-17-7-6-8-21(15-17)27(34)30-25-24(20-13-11-19(16-29)12-14-20)23-18(2)32-33(26(23)31-28(25)35)22-9-4-3-5-10-22/h3-15,24-25H,1-2H3,(H,30,34)(H,31,35)/t24-,25+/m1/s1. The molecule has 7 nitrogen and oxygen atoms in total. The third-order valence-electron chi connectivity index (χ3n) is 6.24. The average molecular weight is 462 g/mol. The van der Waals surface area contributed by atoms with E-state index < -0.39 is 12.0 Å². The Morgan fingerprint density at radius 2 is 1.77 bits per heavy atom. The monoisotopic (exact) mass is 461 g/mol. The molecular formula is C28H23N5O2. The summed E-state index contributed by atoms with van der Waals surface area (Å²) < 4.78 is 1.72. The first-order valence-corrected chi connectivity index (χ1v) is 11.3. The van der Waals surface area contributed by atoms with E-state index >= 15 is 0 Å². The van der Waals surface area contributed by atoms with E-state index in [4.69, 9.17) is 5.10 Å². The molecule has 2 amide bonds. The molecule has 0 aliphatic carbocycles. The second-order valence-electron chi connectivity index (χ2n) is 8.62. The number of aromatic nitrogens is 2. The van der Waals surface area contributed by atoms with Crippen molar-refractivity contribution in [2.24, 2.45) is 0 Å². The van der Waals surface area contributed by atoms with Crippen LogP contribution in [0.25, 0.3) is 5.69 Å². The minimum Gasteiger partial charge on any atom is -0.339 e. The van der Waals surface area contributed by atoms with Gasteiger partial charge in [0.05, 0.1) is 23.0 Å². The van der Waals surface area contributed by atoms with Gasteiger partial charge in [0.15, 0.2) is 0 Å². The molecule has 2 heterocycles. The number of hydrogen-bond acceptors (Lipinski definition) is 4. The summed E-state index contributed by atoms with van der Waals surface area (Å²) in [6.45, 7) is 3.81. The molecule has 35 heavy (non-hydrogen) atoms. The highest BCUT2D eigenvalue weighted by Crippen LogP contribution is 2.40. The summed E-state index contributed by atoms with van der Waals surface area (Å²) in [6.07, 6.45) is 0. The van der Waals surface area contributed by atoms with Crippen LogP contribution in [0.3, 0.4) is 0 Å². The minimum absolute atomic E-state index is 0.329. The number of nitrogens with one attached hydrogen (secondary N) is 2. The van der Waals surface area contributed by atoms with E-state index in [1.165, 1.54) is 0 Å². The van der Waals surface area contributed by atoms with Gasteiger partial charge in [-0.05, 0) is 55.8 Å². The van der Waals surface area contributed by atoms with Crippen molar-refractivity contribution in [1.82, 2.24) is 15.1 Å². The van der Waals surface area contributed by atoms with Gasteiger partial charge in [0.2, 0.25) is 5.91 Å². The number of benzene rings is 3. The summed E-state index contributed by atoms with van der Waals surface area (Å²) in [5.74, 6) is -0.569. The zero-order valence-electron chi connectivity index (χ0n) is 19.3. The third kappa shape index (κ3) is 4.06. The first-order valence-electron chi connectivity index (χ1n) is 11.3. The molecule has 3 aromatic carbocycles. The smallest absolute Gasteiger partial charge is 0.251 e. The Hall–Kier alpha value is -4.70. The van der Waals surface area contributed by atoms with Crippen LogP contribution in [0.4, 0.5) is 5.82 Å². The molecule has 1 aromatic heterocycles. The predicted octanol–water partition coefficient (Wildman–Crippen LogP) is 4.24. The molecule has 0 fully saturated rings. The highest BCUT2D eigenvalue weighted by atomic mass is 16.2. The van der Waals surface area contributed by atoms with E-state index in [0.717, 1.165) is 28.1 Å². The first-order chi connectivity index (χ1) is 17.0. The van der Waals surface area contributed by atoms with E-state index in [1.807, 2.05) is 68.4 Å². The van der Waals surface area contributed by atoms with E-state index in [9.17, 15) is 14.9 Å². The van der Waals surface area contributed by atoms with Crippen molar-refractivity contribution in [3.05, 3.63) is 112 Å². The van der Waals surface area contributed by atoms with Crippen molar-refractivity contribution in [3.8, 4) is 11.8 Å². The lowest BCUT2D eigenvalue weighted by Gasteiger charge is -2.33. The number of anilines is 1. The van der Waals surface area contributed by atoms with Crippen LogP contribution in [0.1, 0.15) is 44.2 Å². The zero-order valence-corrected chi connectivity index (χ0v) is 19.3. The number of carbonyl (C=O) groups excluding carboxylic acids is 2. The molecule has 0 bridgehead atoms. The van der Waals surface area contributed by atoms with Gasteiger partial charge >= 0.3 is 0 Å². The summed E-state index contributed by atoms with van der Waals surface area (Å²) in [4.78, 5) is 26.6. The van der Waals surface area contributed by atoms with Crippen molar-refractivity contribution in [2.45, 2.75) is 25.8 Å². The highest BCUT2D eigenvalue weighted by molar-refractivity contribution is 6.04. The molecule has 0 radical (unpaired) electrons. The van der Waals surface area contributed by atoms with Crippen LogP contribution in [0.15, 0.2) is 78.9 Å². The SMILES string of the molecule is Cc1cccc(C(=O)N[C@@H]2C(=O)Nc3c(c(C)nn3-c3ccccc3)[C@H]2c2ccc(C#N)cc2)c1. The lowest BCUT2D eigenvalue weighted by Crippen LogP contribution is -2.50. The second-order valence-corrected chi connectivity index (χ2v) is 8.62. The largest absolute Gasteiger partial charge is 0.339 e. The average Bonchev–Trinajstić information content (AvgIpc) is 3.20. The maximum absolute atomic E-state index is 13.5. The van der Waals surface area contributed by atoms with Crippen LogP contribution >= 0.6 is 0 Å². The van der Waals surface area contributed by atoms with Crippen molar-refractivity contribution < 1.29 is 9.59 Å². The van der Waals surface area contributed by atoms with Crippen molar-refractivity contribution in [2.75, 3.05) is 5.32 Å². The van der Waals surface area contributed by atoms with Gasteiger partial charge < -0.3 is 10.6 Å². The molecular weight excluding hydrogens is 438 g/mol. The molecule has 1 aliphatic heterocycles. The van der Waals surface area contributed by atoms with Crippen LogP contribution < -0.4 is 10.6 Å². The number of carbonyl (C=O) groups is 2. The molecule has 5 rings (SSSR count). The van der Waals surface area contributed by atoms with Gasteiger partial charge in [0.1, 0.15) is 11.9 Å². The molecule has 1 aliphatic rings. The van der Waals surface area contributed by atoms with Crippen LogP contribution in [0.5, 0.6) is 0 Å². The highest BCUT2D eigenvalue weighted by Gasteiger charge is 2.41. The minimum atomic E-state index is -0.865. The molecule has 7 heteroatoms. The number of rotatable bonds is 4. The normalized spacial score (nSPS) is 16.7. The molecule has 4 aromatic rings. The Kier molecular flexibility index (Phi) is 5.63. The van der Waals surface area contributed by atoms with Crippen LogP contribution in [-0.4, -0.2) is 27.6 Å². The molecule has 0 unspecified atom stereocenters. The fourth-order valence-corrected chi connectivity index (χ4v) is 4.58. The lowest BCUT2D eigenvalue weighted by molar-refractivity contribution is -0.118. The van der Waals surface area contributed by atoms with Gasteiger partial charge in [-0.15, -0.1) is 0 Å². The molecule has 0 saturated heterocycles. The topological polar surface area (TPSA) is 99.8 Å². The number of hydrogen-bond donors (Lipinski definition) is 2. The fraction of sp³-hybridized carbons (Fsp3) is 0.143. The molecule has 2 N–H and O–H groups in total. The number of amides is 2. The number of fused-ring (bicyclic) bond motifs is 1. The summed E-state index contributed by atoms with van der Waals surface area (Å²) >= 11 is 0. The molecule has 172 valence electrons. The third-order valence-corrected chi connectivity index (χ3v) is 6.24. The fourth-order valence-electron chi connectivity index (χ4n) is 4.58.